The van der Waals surface area contributed by atoms with Crippen LogP contribution in [0, 0.1) is 17.0 Å². The van der Waals surface area contributed by atoms with E-state index in [0.29, 0.717) is 6.54 Å². The Bertz CT molecular complexity index is 528. The van der Waals surface area contributed by atoms with Gasteiger partial charge in [0, 0.05) is 18.3 Å². The van der Waals surface area contributed by atoms with E-state index in [1.807, 2.05) is 14.0 Å². The van der Waals surface area contributed by atoms with Gasteiger partial charge in [-0.3, -0.25) is 19.5 Å². The molecule has 0 aromatic carbocycles. The summed E-state index contributed by atoms with van der Waals surface area (Å²) in [5.74, 6) is 0. The van der Waals surface area contributed by atoms with Crippen molar-refractivity contribution in [3.05, 3.63) is 40.0 Å². The van der Waals surface area contributed by atoms with E-state index in [9.17, 15) is 10.1 Å². The first kappa shape index (κ1) is 10.3. The first-order valence-electron chi connectivity index (χ1n) is 4.72. The molecule has 0 fully saturated rings. The van der Waals surface area contributed by atoms with E-state index >= 15 is 0 Å². The fraction of sp³-hybridized carbons (Fsp3) is 0.333. The number of nitro groups is 1. The SMILES string of the molecule is Cc1c(Cn2cc([N+](=O)[O-])cn2)cnn1C. The molecule has 0 spiro atoms. The highest BCUT2D eigenvalue weighted by atomic mass is 16.6. The van der Waals surface area contributed by atoms with Gasteiger partial charge in [0.25, 0.3) is 0 Å². The average molecular weight is 221 g/mol. The predicted molar refractivity (Wildman–Crippen MR) is 55.9 cm³/mol. The summed E-state index contributed by atoms with van der Waals surface area (Å²) in [4.78, 5) is 10.0. The van der Waals surface area contributed by atoms with Crippen LogP contribution in [-0.2, 0) is 13.6 Å². The maximum absolute atomic E-state index is 10.5. The predicted octanol–water partition coefficient (Wildman–Crippen LogP) is 0.882. The van der Waals surface area contributed by atoms with Gasteiger partial charge >= 0.3 is 5.69 Å². The van der Waals surface area contributed by atoms with E-state index in [-0.39, 0.29) is 5.69 Å². The Hall–Kier alpha value is -2.18. The summed E-state index contributed by atoms with van der Waals surface area (Å²) in [5.41, 5.74) is 2.03. The van der Waals surface area contributed by atoms with Gasteiger partial charge in [-0.2, -0.15) is 10.2 Å². The summed E-state index contributed by atoms with van der Waals surface area (Å²) in [6.07, 6.45) is 4.39. The van der Waals surface area contributed by atoms with E-state index in [1.165, 1.54) is 17.1 Å². The Labute approximate surface area is 91.5 Å². The van der Waals surface area contributed by atoms with E-state index in [2.05, 4.69) is 10.2 Å². The number of aromatic nitrogens is 4. The molecule has 0 bridgehead atoms. The Morgan fingerprint density at radius 1 is 1.44 bits per heavy atom. The fourth-order valence-corrected chi connectivity index (χ4v) is 1.41. The van der Waals surface area contributed by atoms with Gasteiger partial charge in [-0.05, 0) is 6.92 Å². The number of hydrogen-bond donors (Lipinski definition) is 0. The maximum Gasteiger partial charge on any atom is 0.307 e. The molecular weight excluding hydrogens is 210 g/mol. The van der Waals surface area contributed by atoms with Crippen molar-refractivity contribution in [3.63, 3.8) is 0 Å². The Morgan fingerprint density at radius 2 is 2.19 bits per heavy atom. The molecule has 2 rings (SSSR count). The van der Waals surface area contributed by atoms with Crippen molar-refractivity contribution in [3.8, 4) is 0 Å². The van der Waals surface area contributed by atoms with Gasteiger partial charge in [0.05, 0.1) is 17.7 Å². The Kier molecular flexibility index (Phi) is 2.43. The molecule has 7 heteroatoms. The van der Waals surface area contributed by atoms with Crippen LogP contribution < -0.4 is 0 Å². The molecule has 7 nitrogen and oxygen atoms in total. The molecule has 2 aromatic heterocycles. The second-order valence-corrected chi connectivity index (χ2v) is 3.53. The van der Waals surface area contributed by atoms with Crippen molar-refractivity contribution in [1.82, 2.24) is 19.6 Å². The standard InChI is InChI=1S/C9H11N5O2/c1-7-8(3-10-12(7)2)5-13-6-9(4-11-13)14(15)16/h3-4,6H,5H2,1-2H3. The lowest BCUT2D eigenvalue weighted by Gasteiger charge is -2.00. The van der Waals surface area contributed by atoms with Crippen molar-refractivity contribution >= 4 is 5.69 Å². The van der Waals surface area contributed by atoms with Crippen molar-refractivity contribution < 1.29 is 4.92 Å². The molecule has 0 unspecified atom stereocenters. The van der Waals surface area contributed by atoms with E-state index < -0.39 is 4.92 Å². The molecule has 84 valence electrons. The minimum absolute atomic E-state index is 0.00143. The van der Waals surface area contributed by atoms with Crippen LogP contribution in [-0.4, -0.2) is 24.5 Å². The summed E-state index contributed by atoms with van der Waals surface area (Å²) in [6, 6.07) is 0. The lowest BCUT2D eigenvalue weighted by atomic mass is 10.2. The highest BCUT2D eigenvalue weighted by molar-refractivity contribution is 5.22. The van der Waals surface area contributed by atoms with Crippen molar-refractivity contribution in [2.45, 2.75) is 13.5 Å². The smallest absolute Gasteiger partial charge is 0.273 e. The second-order valence-electron chi connectivity index (χ2n) is 3.53. The highest BCUT2D eigenvalue weighted by Gasteiger charge is 2.10. The molecule has 0 saturated heterocycles. The number of rotatable bonds is 3. The highest BCUT2D eigenvalue weighted by Crippen LogP contribution is 2.11. The summed E-state index contributed by atoms with van der Waals surface area (Å²) in [5, 5.41) is 18.5. The first-order valence-corrected chi connectivity index (χ1v) is 4.72. The van der Waals surface area contributed by atoms with Crippen molar-refractivity contribution in [2.75, 3.05) is 0 Å². The molecule has 0 aliphatic heterocycles. The van der Waals surface area contributed by atoms with Crippen LogP contribution in [0.15, 0.2) is 18.6 Å². The van der Waals surface area contributed by atoms with Gasteiger partial charge in [-0.1, -0.05) is 0 Å². The number of hydrogen-bond acceptors (Lipinski definition) is 4. The van der Waals surface area contributed by atoms with Crippen LogP contribution >= 0.6 is 0 Å². The van der Waals surface area contributed by atoms with Crippen molar-refractivity contribution in [2.24, 2.45) is 7.05 Å². The molecule has 2 aromatic rings. The first-order chi connectivity index (χ1) is 7.58. The number of aryl methyl sites for hydroxylation is 1. The van der Waals surface area contributed by atoms with Gasteiger partial charge < -0.3 is 0 Å². The molecule has 0 amide bonds. The summed E-state index contributed by atoms with van der Waals surface area (Å²) >= 11 is 0. The summed E-state index contributed by atoms with van der Waals surface area (Å²) in [6.45, 7) is 2.44. The summed E-state index contributed by atoms with van der Waals surface area (Å²) in [7, 11) is 1.85. The molecule has 16 heavy (non-hydrogen) atoms. The molecule has 0 saturated carbocycles. The van der Waals surface area contributed by atoms with Gasteiger partial charge in [-0.25, -0.2) is 0 Å². The third kappa shape index (κ3) is 1.79. The number of nitrogens with zero attached hydrogens (tertiary/aromatic N) is 5. The maximum atomic E-state index is 10.5. The zero-order valence-electron chi connectivity index (χ0n) is 8.99. The molecule has 0 radical (unpaired) electrons. The van der Waals surface area contributed by atoms with Gasteiger partial charge in [-0.15, -0.1) is 0 Å². The van der Waals surface area contributed by atoms with Crippen LogP contribution in [0.1, 0.15) is 11.3 Å². The van der Waals surface area contributed by atoms with E-state index in [4.69, 9.17) is 0 Å². The third-order valence-electron chi connectivity index (χ3n) is 2.50. The minimum Gasteiger partial charge on any atom is -0.273 e. The zero-order chi connectivity index (χ0) is 11.7. The monoisotopic (exact) mass is 221 g/mol. The van der Waals surface area contributed by atoms with Crippen LogP contribution in [0.25, 0.3) is 0 Å². The largest absolute Gasteiger partial charge is 0.307 e. The van der Waals surface area contributed by atoms with E-state index in [0.717, 1.165) is 11.3 Å². The molecule has 0 aliphatic carbocycles. The molecule has 2 heterocycles. The zero-order valence-corrected chi connectivity index (χ0v) is 8.99. The third-order valence-corrected chi connectivity index (χ3v) is 2.50. The molecule has 0 aliphatic rings. The van der Waals surface area contributed by atoms with Crippen LogP contribution in [0.5, 0.6) is 0 Å². The van der Waals surface area contributed by atoms with Gasteiger partial charge in [0.15, 0.2) is 0 Å². The van der Waals surface area contributed by atoms with Crippen LogP contribution in [0.3, 0.4) is 0 Å². The minimum atomic E-state index is -0.459. The average Bonchev–Trinajstić information content (AvgIpc) is 2.81. The molecule has 0 atom stereocenters. The van der Waals surface area contributed by atoms with Crippen molar-refractivity contribution in [1.29, 1.82) is 0 Å². The van der Waals surface area contributed by atoms with Crippen LogP contribution in [0.2, 0.25) is 0 Å². The Morgan fingerprint density at radius 3 is 2.69 bits per heavy atom. The quantitative estimate of drug-likeness (QED) is 0.569. The van der Waals surface area contributed by atoms with Crippen LogP contribution in [0.4, 0.5) is 5.69 Å². The van der Waals surface area contributed by atoms with E-state index in [1.54, 1.807) is 10.9 Å². The van der Waals surface area contributed by atoms with Gasteiger partial charge in [0.1, 0.15) is 12.4 Å². The Balaban J connectivity index is 2.21. The van der Waals surface area contributed by atoms with Gasteiger partial charge in [0.2, 0.25) is 0 Å². The lowest BCUT2D eigenvalue weighted by molar-refractivity contribution is -0.385. The normalized spacial score (nSPS) is 10.6. The fourth-order valence-electron chi connectivity index (χ4n) is 1.41. The lowest BCUT2D eigenvalue weighted by Crippen LogP contribution is -2.01. The topological polar surface area (TPSA) is 78.8 Å². The summed E-state index contributed by atoms with van der Waals surface area (Å²) < 4.78 is 3.29. The molecule has 0 N–H and O–H groups in total. The molecular formula is C9H11N5O2. The second kappa shape index (κ2) is 3.76.